The molecule has 0 aromatic carbocycles. The Morgan fingerprint density at radius 1 is 1.41 bits per heavy atom. The van der Waals surface area contributed by atoms with Crippen molar-refractivity contribution >= 4 is 21.7 Å². The van der Waals surface area contributed by atoms with Gasteiger partial charge in [0.05, 0.1) is 15.9 Å². The van der Waals surface area contributed by atoms with Gasteiger partial charge < -0.3 is 0 Å². The molecule has 96 valence electrons. The van der Waals surface area contributed by atoms with Crippen LogP contribution in [0.5, 0.6) is 0 Å². The van der Waals surface area contributed by atoms with Gasteiger partial charge in [-0.15, -0.1) is 0 Å². The summed E-state index contributed by atoms with van der Waals surface area (Å²) >= 11 is 3.60. The van der Waals surface area contributed by atoms with Gasteiger partial charge >= 0.3 is 0 Å². The number of aryl methyl sites for hydroxylation is 2. The second-order valence-electron chi connectivity index (χ2n) is 4.50. The van der Waals surface area contributed by atoms with E-state index in [0.29, 0.717) is 12.2 Å². The maximum atomic E-state index is 11.7. The number of rotatable bonds is 6. The molecule has 17 heavy (non-hydrogen) atoms. The van der Waals surface area contributed by atoms with E-state index in [1.807, 2.05) is 18.5 Å². The van der Waals surface area contributed by atoms with Crippen molar-refractivity contribution in [3.05, 3.63) is 15.9 Å². The van der Waals surface area contributed by atoms with Gasteiger partial charge in [0.2, 0.25) is 0 Å². The molecule has 0 bridgehead atoms. The van der Waals surface area contributed by atoms with Crippen molar-refractivity contribution in [3.63, 3.8) is 0 Å². The van der Waals surface area contributed by atoms with Crippen molar-refractivity contribution in [1.82, 2.24) is 9.78 Å². The summed E-state index contributed by atoms with van der Waals surface area (Å²) in [7, 11) is 0. The minimum Gasteiger partial charge on any atom is -0.299 e. The van der Waals surface area contributed by atoms with Crippen LogP contribution in [0.2, 0.25) is 0 Å². The maximum Gasteiger partial charge on any atom is 0.135 e. The summed E-state index contributed by atoms with van der Waals surface area (Å²) in [6.07, 6.45) is 2.29. The number of carbonyl (C=O) groups is 1. The van der Waals surface area contributed by atoms with Crippen molar-refractivity contribution in [2.24, 2.45) is 5.92 Å². The molecule has 0 aliphatic carbocycles. The van der Waals surface area contributed by atoms with Crippen LogP contribution in [0.15, 0.2) is 4.47 Å². The maximum absolute atomic E-state index is 11.7. The van der Waals surface area contributed by atoms with Crippen molar-refractivity contribution in [2.45, 2.75) is 53.5 Å². The first kappa shape index (κ1) is 14.4. The first-order chi connectivity index (χ1) is 8.01. The summed E-state index contributed by atoms with van der Waals surface area (Å²) < 4.78 is 3.08. The van der Waals surface area contributed by atoms with E-state index in [4.69, 9.17) is 0 Å². The van der Waals surface area contributed by atoms with Crippen LogP contribution < -0.4 is 0 Å². The fourth-order valence-corrected chi connectivity index (χ4v) is 2.55. The van der Waals surface area contributed by atoms with Gasteiger partial charge in [-0.3, -0.25) is 9.48 Å². The van der Waals surface area contributed by atoms with E-state index >= 15 is 0 Å². The fourth-order valence-electron chi connectivity index (χ4n) is 1.79. The van der Waals surface area contributed by atoms with Crippen LogP contribution in [0.1, 0.15) is 45.5 Å². The van der Waals surface area contributed by atoms with E-state index in [9.17, 15) is 4.79 Å². The summed E-state index contributed by atoms with van der Waals surface area (Å²) in [5.41, 5.74) is 2.23. The normalized spacial score (nSPS) is 11.2. The molecule has 0 aliphatic heterocycles. The largest absolute Gasteiger partial charge is 0.299 e. The minimum atomic E-state index is 0.123. The highest BCUT2D eigenvalue weighted by atomic mass is 79.9. The number of aromatic nitrogens is 2. The Hall–Kier alpha value is -0.640. The van der Waals surface area contributed by atoms with Crippen molar-refractivity contribution < 1.29 is 4.79 Å². The van der Waals surface area contributed by atoms with Gasteiger partial charge in [-0.25, -0.2) is 0 Å². The molecule has 1 heterocycles. The third-order valence-corrected chi connectivity index (χ3v) is 3.86. The fraction of sp³-hybridized carbons (Fsp3) is 0.692. The molecule has 0 saturated heterocycles. The summed E-state index contributed by atoms with van der Waals surface area (Å²) in [6.45, 7) is 8.92. The molecule has 0 fully saturated rings. The van der Waals surface area contributed by atoms with Crippen molar-refractivity contribution in [1.29, 1.82) is 0 Å². The lowest BCUT2D eigenvalue weighted by molar-refractivity contribution is -0.121. The summed E-state index contributed by atoms with van der Waals surface area (Å²) in [5.74, 6) is 0.441. The van der Waals surface area contributed by atoms with Gasteiger partial charge in [0.25, 0.3) is 0 Å². The summed E-state index contributed by atoms with van der Waals surface area (Å²) in [5, 5.41) is 4.53. The average molecular weight is 301 g/mol. The smallest absolute Gasteiger partial charge is 0.135 e. The van der Waals surface area contributed by atoms with Crippen LogP contribution in [-0.4, -0.2) is 15.6 Å². The molecule has 0 spiro atoms. The van der Waals surface area contributed by atoms with Gasteiger partial charge in [0, 0.05) is 18.9 Å². The number of hydrogen-bond acceptors (Lipinski definition) is 2. The molecule has 0 atom stereocenters. The number of Topliss-reactive ketones (excluding diaryl/α,β-unsaturated/α-hetero) is 1. The monoisotopic (exact) mass is 300 g/mol. The van der Waals surface area contributed by atoms with Crippen molar-refractivity contribution in [3.8, 4) is 0 Å². The lowest BCUT2D eigenvalue weighted by Gasteiger charge is -2.06. The zero-order chi connectivity index (χ0) is 13.0. The van der Waals surface area contributed by atoms with E-state index in [1.54, 1.807) is 0 Å². The Labute approximate surface area is 112 Å². The molecular formula is C13H21BrN2O. The lowest BCUT2D eigenvalue weighted by atomic mass is 10.0. The van der Waals surface area contributed by atoms with Crippen LogP contribution in [0.4, 0.5) is 0 Å². The second-order valence-corrected chi connectivity index (χ2v) is 5.29. The first-order valence-electron chi connectivity index (χ1n) is 6.27. The average Bonchev–Trinajstić information content (AvgIpc) is 2.62. The van der Waals surface area contributed by atoms with Crippen LogP contribution in [0.3, 0.4) is 0 Å². The number of nitrogens with zero attached hydrogens (tertiary/aromatic N) is 2. The molecule has 3 nitrogen and oxygen atoms in total. The van der Waals surface area contributed by atoms with E-state index in [1.165, 1.54) is 0 Å². The van der Waals surface area contributed by atoms with Crippen LogP contribution in [0.25, 0.3) is 0 Å². The van der Waals surface area contributed by atoms with E-state index in [2.05, 4.69) is 34.9 Å². The lowest BCUT2D eigenvalue weighted by Crippen LogP contribution is -2.10. The van der Waals surface area contributed by atoms with Crippen LogP contribution >= 0.6 is 15.9 Å². The van der Waals surface area contributed by atoms with Crippen LogP contribution in [-0.2, 0) is 24.2 Å². The number of carbonyl (C=O) groups excluding carboxylic acids is 1. The molecule has 1 aromatic rings. The predicted molar refractivity (Wildman–Crippen MR) is 73.1 cm³/mol. The number of hydrogen-bond donors (Lipinski definition) is 0. The highest BCUT2D eigenvalue weighted by molar-refractivity contribution is 9.10. The second kappa shape index (κ2) is 6.34. The minimum absolute atomic E-state index is 0.123. The molecule has 0 amide bonds. The standard InChI is InChI=1S/C13H21BrN2O/c1-5-10-13(14)11(16(6-2)15-10)7-8-12(17)9(3)4/h9H,5-8H2,1-4H3. The Morgan fingerprint density at radius 2 is 2.06 bits per heavy atom. The zero-order valence-electron chi connectivity index (χ0n) is 11.1. The molecule has 0 unspecified atom stereocenters. The van der Waals surface area contributed by atoms with Gasteiger partial charge in [0.1, 0.15) is 5.78 Å². The Balaban J connectivity index is 2.82. The van der Waals surface area contributed by atoms with Gasteiger partial charge in [-0.2, -0.15) is 5.10 Å². The van der Waals surface area contributed by atoms with E-state index in [0.717, 1.165) is 35.2 Å². The topological polar surface area (TPSA) is 34.9 Å². The zero-order valence-corrected chi connectivity index (χ0v) is 12.7. The molecule has 0 aliphatic rings. The SMILES string of the molecule is CCc1nn(CC)c(CCC(=O)C(C)C)c1Br. The molecule has 1 aromatic heterocycles. The third kappa shape index (κ3) is 3.41. The Bertz CT molecular complexity index is 396. The highest BCUT2D eigenvalue weighted by Crippen LogP contribution is 2.23. The highest BCUT2D eigenvalue weighted by Gasteiger charge is 2.15. The number of halogens is 1. The van der Waals surface area contributed by atoms with Crippen molar-refractivity contribution in [2.75, 3.05) is 0 Å². The molecule has 4 heteroatoms. The van der Waals surface area contributed by atoms with Gasteiger partial charge in [-0.1, -0.05) is 20.8 Å². The molecule has 1 rings (SSSR count). The molecular weight excluding hydrogens is 280 g/mol. The van der Waals surface area contributed by atoms with Crippen LogP contribution in [0, 0.1) is 5.92 Å². The Kier molecular flexibility index (Phi) is 5.37. The summed E-state index contributed by atoms with van der Waals surface area (Å²) in [6, 6.07) is 0. The summed E-state index contributed by atoms with van der Waals surface area (Å²) in [4.78, 5) is 11.7. The Morgan fingerprint density at radius 3 is 2.53 bits per heavy atom. The van der Waals surface area contributed by atoms with E-state index in [-0.39, 0.29) is 5.92 Å². The first-order valence-corrected chi connectivity index (χ1v) is 7.07. The molecule has 0 N–H and O–H groups in total. The predicted octanol–water partition coefficient (Wildman–Crippen LogP) is 3.39. The molecule has 0 radical (unpaired) electrons. The third-order valence-electron chi connectivity index (χ3n) is 2.95. The van der Waals surface area contributed by atoms with E-state index < -0.39 is 0 Å². The molecule has 0 saturated carbocycles. The quantitative estimate of drug-likeness (QED) is 0.807. The number of ketones is 1. The van der Waals surface area contributed by atoms with Gasteiger partial charge in [-0.05, 0) is 35.7 Å². The van der Waals surface area contributed by atoms with Gasteiger partial charge in [0.15, 0.2) is 0 Å².